The van der Waals surface area contributed by atoms with Gasteiger partial charge in [-0.05, 0) is 36.2 Å². The van der Waals surface area contributed by atoms with Crippen molar-refractivity contribution in [2.45, 2.75) is 31.6 Å². The third-order valence-corrected chi connectivity index (χ3v) is 7.34. The second-order valence-electron chi connectivity index (χ2n) is 9.18. The fraction of sp³-hybridized carbons (Fsp3) is 0.370. The highest BCUT2D eigenvalue weighted by Gasteiger charge is 2.55. The molecule has 1 aromatic carbocycles. The molecule has 0 bridgehead atoms. The van der Waals surface area contributed by atoms with Crippen molar-refractivity contribution in [2.24, 2.45) is 11.8 Å². The number of hydrogen-bond acceptors (Lipinski definition) is 6. The van der Waals surface area contributed by atoms with Gasteiger partial charge in [-0.2, -0.15) is 0 Å². The van der Waals surface area contributed by atoms with Gasteiger partial charge in [-0.15, -0.1) is 0 Å². The predicted octanol–water partition coefficient (Wildman–Crippen LogP) is 1.77. The number of carbonyl (C=O) groups excluding carboxylic acids is 1. The van der Waals surface area contributed by atoms with E-state index >= 15 is 0 Å². The maximum absolute atomic E-state index is 13.6. The van der Waals surface area contributed by atoms with Crippen LogP contribution in [-0.2, 0) is 24.3 Å². The van der Waals surface area contributed by atoms with E-state index < -0.39 is 6.04 Å². The second-order valence-corrected chi connectivity index (χ2v) is 9.18. The van der Waals surface area contributed by atoms with Crippen molar-refractivity contribution in [2.75, 3.05) is 20.3 Å². The van der Waals surface area contributed by atoms with Crippen LogP contribution in [0, 0.1) is 11.8 Å². The van der Waals surface area contributed by atoms with Gasteiger partial charge in [0.1, 0.15) is 5.75 Å². The van der Waals surface area contributed by atoms with Gasteiger partial charge in [0.25, 0.3) is 5.56 Å². The minimum atomic E-state index is -0.526. The van der Waals surface area contributed by atoms with Crippen molar-refractivity contribution < 1.29 is 14.6 Å². The standard InChI is InChI=1S/C27H30N4O4/c1-35-23-7-3-2-5-19(23)15-31-25-20(16-30-22(25)6-4-8-24(30)33)21(17-32)26(31)27(34)29-14-11-18-9-12-28-13-10-18/h2-10,12-13,20-21,25-26,32H,11,14-17H2,1H3,(H,29,34)/t20-,21-,25+,26-/m0/s1. The van der Waals surface area contributed by atoms with E-state index in [0.29, 0.717) is 26.1 Å². The van der Waals surface area contributed by atoms with Gasteiger partial charge in [-0.1, -0.05) is 24.3 Å². The second kappa shape index (κ2) is 10.0. The number of likely N-dealkylation sites (tertiary alicyclic amines) is 1. The van der Waals surface area contributed by atoms with E-state index in [-0.39, 0.29) is 36.0 Å². The molecule has 4 heterocycles. The van der Waals surface area contributed by atoms with E-state index in [1.165, 1.54) is 0 Å². The summed E-state index contributed by atoms with van der Waals surface area (Å²) in [6.07, 6.45) is 4.18. The number of methoxy groups -OCH3 is 1. The number of aromatic nitrogens is 2. The molecule has 2 aliphatic rings. The van der Waals surface area contributed by atoms with Crippen molar-refractivity contribution in [3.8, 4) is 5.75 Å². The molecule has 2 aliphatic heterocycles. The first kappa shape index (κ1) is 23.3. The summed E-state index contributed by atoms with van der Waals surface area (Å²) >= 11 is 0. The van der Waals surface area contributed by atoms with Crippen LogP contribution in [0.3, 0.4) is 0 Å². The Balaban J connectivity index is 1.46. The molecule has 8 nitrogen and oxygen atoms in total. The normalized spacial score (nSPS) is 23.0. The molecule has 0 saturated carbocycles. The van der Waals surface area contributed by atoms with Crippen molar-refractivity contribution in [1.82, 2.24) is 19.8 Å². The number of aliphatic hydroxyl groups is 1. The number of amides is 1. The largest absolute Gasteiger partial charge is 0.496 e. The van der Waals surface area contributed by atoms with Crippen LogP contribution in [0.15, 0.2) is 71.8 Å². The number of aliphatic hydroxyl groups excluding tert-OH is 1. The first-order chi connectivity index (χ1) is 17.1. The van der Waals surface area contributed by atoms with Gasteiger partial charge in [-0.25, -0.2) is 0 Å². The van der Waals surface area contributed by atoms with Gasteiger partial charge in [0.15, 0.2) is 0 Å². The lowest BCUT2D eigenvalue weighted by molar-refractivity contribution is -0.127. The molecule has 1 amide bonds. The number of nitrogens with one attached hydrogen (secondary N) is 1. The summed E-state index contributed by atoms with van der Waals surface area (Å²) in [5, 5.41) is 13.5. The van der Waals surface area contributed by atoms with Crippen LogP contribution in [0.2, 0.25) is 0 Å². The van der Waals surface area contributed by atoms with E-state index in [1.54, 1.807) is 36.2 Å². The molecular formula is C27H30N4O4. The number of nitrogens with zero attached hydrogens (tertiary/aromatic N) is 3. The summed E-state index contributed by atoms with van der Waals surface area (Å²) in [4.78, 5) is 32.3. The van der Waals surface area contributed by atoms with E-state index in [0.717, 1.165) is 22.6 Å². The molecule has 0 spiro atoms. The van der Waals surface area contributed by atoms with E-state index in [2.05, 4.69) is 15.2 Å². The molecule has 182 valence electrons. The minimum absolute atomic E-state index is 0.0410. The van der Waals surface area contributed by atoms with Crippen LogP contribution in [0.5, 0.6) is 5.75 Å². The van der Waals surface area contributed by atoms with Crippen LogP contribution < -0.4 is 15.6 Å². The first-order valence-corrected chi connectivity index (χ1v) is 12.0. The lowest BCUT2D eigenvalue weighted by Crippen LogP contribution is -2.48. The Morgan fingerprint density at radius 2 is 1.94 bits per heavy atom. The molecule has 35 heavy (non-hydrogen) atoms. The Hall–Kier alpha value is -3.49. The number of fused-ring (bicyclic) bond motifs is 3. The number of rotatable bonds is 8. The topological polar surface area (TPSA) is 96.7 Å². The molecule has 0 unspecified atom stereocenters. The average molecular weight is 475 g/mol. The zero-order chi connectivity index (χ0) is 24.4. The zero-order valence-electron chi connectivity index (χ0n) is 19.7. The van der Waals surface area contributed by atoms with E-state index in [1.807, 2.05) is 42.5 Å². The fourth-order valence-corrected chi connectivity index (χ4v) is 5.75. The monoisotopic (exact) mass is 474 g/mol. The highest BCUT2D eigenvalue weighted by molar-refractivity contribution is 5.82. The lowest BCUT2D eigenvalue weighted by Gasteiger charge is -2.31. The summed E-state index contributed by atoms with van der Waals surface area (Å²) < 4.78 is 7.36. The van der Waals surface area contributed by atoms with Crippen LogP contribution in [-0.4, -0.2) is 51.8 Å². The van der Waals surface area contributed by atoms with E-state index in [9.17, 15) is 14.7 Å². The number of carbonyl (C=O) groups is 1. The molecule has 2 aromatic heterocycles. The highest BCUT2D eigenvalue weighted by atomic mass is 16.5. The number of benzene rings is 1. The van der Waals surface area contributed by atoms with Gasteiger partial charge < -0.3 is 19.7 Å². The molecule has 8 heteroatoms. The van der Waals surface area contributed by atoms with Crippen LogP contribution in [0.1, 0.15) is 22.9 Å². The van der Waals surface area contributed by atoms with Crippen LogP contribution in [0.4, 0.5) is 0 Å². The number of hydrogen-bond donors (Lipinski definition) is 2. The number of ether oxygens (including phenoxy) is 1. The Kier molecular flexibility index (Phi) is 6.66. The van der Waals surface area contributed by atoms with Crippen LogP contribution in [0.25, 0.3) is 0 Å². The third-order valence-electron chi connectivity index (χ3n) is 7.34. The van der Waals surface area contributed by atoms with Gasteiger partial charge >= 0.3 is 0 Å². The Labute approximate surface area is 204 Å². The zero-order valence-corrected chi connectivity index (χ0v) is 19.7. The number of pyridine rings is 2. The lowest BCUT2D eigenvalue weighted by atomic mass is 9.88. The summed E-state index contributed by atoms with van der Waals surface area (Å²) in [5.41, 5.74) is 2.90. The summed E-state index contributed by atoms with van der Waals surface area (Å²) in [5.74, 6) is 0.305. The van der Waals surface area contributed by atoms with Crippen molar-refractivity contribution >= 4 is 5.91 Å². The summed E-state index contributed by atoms with van der Waals surface area (Å²) in [6, 6.07) is 16.2. The minimum Gasteiger partial charge on any atom is -0.496 e. The first-order valence-electron chi connectivity index (χ1n) is 12.0. The van der Waals surface area contributed by atoms with Crippen LogP contribution >= 0.6 is 0 Å². The van der Waals surface area contributed by atoms with E-state index in [4.69, 9.17) is 4.74 Å². The molecule has 2 N–H and O–H groups in total. The van der Waals surface area contributed by atoms with Gasteiger partial charge in [-0.3, -0.25) is 19.5 Å². The quantitative estimate of drug-likeness (QED) is 0.517. The highest BCUT2D eigenvalue weighted by Crippen LogP contribution is 2.50. The fourth-order valence-electron chi connectivity index (χ4n) is 5.75. The van der Waals surface area contributed by atoms with Crippen molar-refractivity contribution in [3.63, 3.8) is 0 Å². The summed E-state index contributed by atoms with van der Waals surface area (Å²) in [6.45, 7) is 1.32. The van der Waals surface area contributed by atoms with Gasteiger partial charge in [0, 0.05) is 67.8 Å². The molecule has 0 aliphatic carbocycles. The van der Waals surface area contributed by atoms with Gasteiger partial charge in [0.2, 0.25) is 5.91 Å². The molecule has 3 aromatic rings. The molecule has 4 atom stereocenters. The molecule has 0 radical (unpaired) electrons. The summed E-state index contributed by atoms with van der Waals surface area (Å²) in [7, 11) is 1.63. The molecule has 1 fully saturated rings. The average Bonchev–Trinajstić information content (AvgIpc) is 3.41. The van der Waals surface area contributed by atoms with Gasteiger partial charge in [0.05, 0.1) is 19.2 Å². The predicted molar refractivity (Wildman–Crippen MR) is 131 cm³/mol. The molecule has 1 saturated heterocycles. The van der Waals surface area contributed by atoms with Crippen molar-refractivity contribution in [3.05, 3.63) is 94.2 Å². The maximum atomic E-state index is 13.6. The maximum Gasteiger partial charge on any atom is 0.250 e. The molecule has 5 rings (SSSR count). The Morgan fingerprint density at radius 1 is 1.14 bits per heavy atom. The SMILES string of the molecule is COc1ccccc1CN1[C@H](C(=O)NCCc2ccncc2)[C@@H](CO)[C@@H]2Cn3c(cccc3=O)[C@@H]21. The van der Waals surface area contributed by atoms with Crippen molar-refractivity contribution in [1.29, 1.82) is 0 Å². The Morgan fingerprint density at radius 3 is 2.71 bits per heavy atom. The third kappa shape index (κ3) is 4.35. The molecular weight excluding hydrogens is 444 g/mol. The Bertz CT molecular complexity index is 1250. The smallest absolute Gasteiger partial charge is 0.250 e. The number of para-hydroxylation sites is 1.